The van der Waals surface area contributed by atoms with E-state index < -0.39 is 6.04 Å². The lowest BCUT2D eigenvalue weighted by Crippen LogP contribution is -2.37. The maximum atomic E-state index is 11.6. The SMILES string of the molecule is [CH2]CCC(C)C(N)C(=O)CCC(=O)OCC. The van der Waals surface area contributed by atoms with Gasteiger partial charge in [0.2, 0.25) is 0 Å². The molecule has 93 valence electrons. The number of ether oxygens (including phenoxy) is 1. The minimum atomic E-state index is -0.490. The molecular formula is C12H22NO3. The number of esters is 1. The zero-order chi connectivity index (χ0) is 12.6. The third-order valence-electron chi connectivity index (χ3n) is 2.53. The number of rotatable bonds is 8. The van der Waals surface area contributed by atoms with Crippen molar-refractivity contribution in [1.29, 1.82) is 0 Å². The van der Waals surface area contributed by atoms with Gasteiger partial charge in [-0.15, -0.1) is 0 Å². The highest BCUT2D eigenvalue weighted by Gasteiger charge is 2.20. The lowest BCUT2D eigenvalue weighted by atomic mass is 9.92. The summed E-state index contributed by atoms with van der Waals surface area (Å²) in [6.07, 6.45) is 1.88. The molecule has 0 bridgehead atoms. The zero-order valence-electron chi connectivity index (χ0n) is 10.2. The second kappa shape index (κ2) is 8.28. The van der Waals surface area contributed by atoms with E-state index >= 15 is 0 Å². The summed E-state index contributed by atoms with van der Waals surface area (Å²) in [4.78, 5) is 22.7. The first-order valence-corrected chi connectivity index (χ1v) is 5.76. The van der Waals surface area contributed by atoms with Gasteiger partial charge in [-0.2, -0.15) is 0 Å². The molecule has 16 heavy (non-hydrogen) atoms. The summed E-state index contributed by atoms with van der Waals surface area (Å²) in [7, 11) is 0. The first kappa shape index (κ1) is 15.1. The Bertz CT molecular complexity index is 228. The van der Waals surface area contributed by atoms with Gasteiger partial charge in [-0.25, -0.2) is 0 Å². The van der Waals surface area contributed by atoms with Crippen molar-refractivity contribution in [3.8, 4) is 0 Å². The summed E-state index contributed by atoms with van der Waals surface area (Å²) in [6, 6.07) is -0.490. The number of hydrogen-bond donors (Lipinski definition) is 1. The van der Waals surface area contributed by atoms with Crippen LogP contribution in [0.5, 0.6) is 0 Å². The average molecular weight is 228 g/mol. The molecule has 0 saturated carbocycles. The van der Waals surface area contributed by atoms with Gasteiger partial charge in [-0.1, -0.05) is 20.3 Å². The van der Waals surface area contributed by atoms with Crippen LogP contribution in [0.1, 0.15) is 39.5 Å². The summed E-state index contributed by atoms with van der Waals surface area (Å²) in [5.74, 6) is -0.297. The molecule has 4 heteroatoms. The molecule has 0 aliphatic carbocycles. The van der Waals surface area contributed by atoms with E-state index in [4.69, 9.17) is 10.5 Å². The molecular weight excluding hydrogens is 206 g/mol. The Balaban J connectivity index is 3.91. The number of nitrogens with two attached hydrogens (primary N) is 1. The monoisotopic (exact) mass is 228 g/mol. The predicted molar refractivity (Wildman–Crippen MR) is 62.6 cm³/mol. The Labute approximate surface area is 97.5 Å². The van der Waals surface area contributed by atoms with E-state index in [0.717, 1.165) is 12.8 Å². The standard InChI is InChI=1S/C12H22NO3/c1-4-6-9(3)12(13)10(14)7-8-11(15)16-5-2/h9,12H,1,4-8,13H2,2-3H3. The van der Waals surface area contributed by atoms with Crippen molar-refractivity contribution in [2.75, 3.05) is 6.61 Å². The van der Waals surface area contributed by atoms with E-state index in [1.807, 2.05) is 6.92 Å². The largest absolute Gasteiger partial charge is 0.466 e. The van der Waals surface area contributed by atoms with Crippen LogP contribution >= 0.6 is 0 Å². The highest BCUT2D eigenvalue weighted by Crippen LogP contribution is 2.11. The van der Waals surface area contributed by atoms with Gasteiger partial charge >= 0.3 is 5.97 Å². The van der Waals surface area contributed by atoms with Crippen LogP contribution in [0.15, 0.2) is 0 Å². The molecule has 2 atom stereocenters. The van der Waals surface area contributed by atoms with Gasteiger partial charge in [-0.05, 0) is 19.3 Å². The van der Waals surface area contributed by atoms with E-state index in [1.54, 1.807) is 6.92 Å². The van der Waals surface area contributed by atoms with E-state index in [2.05, 4.69) is 6.92 Å². The minimum Gasteiger partial charge on any atom is -0.466 e. The smallest absolute Gasteiger partial charge is 0.306 e. The van der Waals surface area contributed by atoms with Crippen molar-refractivity contribution < 1.29 is 14.3 Å². The van der Waals surface area contributed by atoms with Crippen molar-refractivity contribution >= 4 is 11.8 Å². The van der Waals surface area contributed by atoms with Crippen molar-refractivity contribution in [1.82, 2.24) is 0 Å². The van der Waals surface area contributed by atoms with Gasteiger partial charge in [0.25, 0.3) is 0 Å². The van der Waals surface area contributed by atoms with Crippen LogP contribution in [-0.2, 0) is 14.3 Å². The Morgan fingerprint density at radius 1 is 1.38 bits per heavy atom. The first-order valence-electron chi connectivity index (χ1n) is 5.76. The third kappa shape index (κ3) is 5.85. The topological polar surface area (TPSA) is 69.4 Å². The molecule has 0 rings (SSSR count). The van der Waals surface area contributed by atoms with Gasteiger partial charge in [0.05, 0.1) is 19.1 Å². The summed E-state index contributed by atoms with van der Waals surface area (Å²) in [5, 5.41) is 0. The van der Waals surface area contributed by atoms with Crippen molar-refractivity contribution in [3.63, 3.8) is 0 Å². The molecule has 0 amide bonds. The molecule has 0 spiro atoms. The molecule has 0 fully saturated rings. The van der Waals surface area contributed by atoms with Crippen LogP contribution in [0.25, 0.3) is 0 Å². The predicted octanol–water partition coefficient (Wildman–Crippen LogP) is 1.48. The van der Waals surface area contributed by atoms with Gasteiger partial charge < -0.3 is 10.5 Å². The Morgan fingerprint density at radius 2 is 2.00 bits per heavy atom. The number of hydrogen-bond acceptors (Lipinski definition) is 4. The number of ketones is 1. The Hall–Kier alpha value is -0.900. The minimum absolute atomic E-state index is 0.0750. The highest BCUT2D eigenvalue weighted by molar-refractivity contribution is 5.87. The maximum absolute atomic E-state index is 11.6. The number of carbonyl (C=O) groups excluding carboxylic acids is 2. The normalized spacial score (nSPS) is 14.2. The molecule has 2 unspecified atom stereocenters. The molecule has 4 nitrogen and oxygen atoms in total. The summed E-state index contributed by atoms with van der Waals surface area (Å²) in [5.41, 5.74) is 5.78. The van der Waals surface area contributed by atoms with E-state index in [-0.39, 0.29) is 30.5 Å². The molecule has 0 aliphatic rings. The Kier molecular flexibility index (Phi) is 7.81. The summed E-state index contributed by atoms with van der Waals surface area (Å²) < 4.78 is 4.74. The van der Waals surface area contributed by atoms with E-state index in [1.165, 1.54) is 0 Å². The summed E-state index contributed by atoms with van der Waals surface area (Å²) in [6.45, 7) is 7.74. The second-order valence-electron chi connectivity index (χ2n) is 3.92. The van der Waals surface area contributed by atoms with Crippen LogP contribution in [0.3, 0.4) is 0 Å². The number of Topliss-reactive ketones (excluding diaryl/α,β-unsaturated/α-hetero) is 1. The van der Waals surface area contributed by atoms with Crippen LogP contribution in [0.2, 0.25) is 0 Å². The van der Waals surface area contributed by atoms with Crippen molar-refractivity contribution in [3.05, 3.63) is 6.92 Å². The van der Waals surface area contributed by atoms with Crippen molar-refractivity contribution in [2.45, 2.75) is 45.6 Å². The molecule has 0 heterocycles. The number of carbonyl (C=O) groups is 2. The van der Waals surface area contributed by atoms with Gasteiger partial charge in [0.1, 0.15) is 5.78 Å². The van der Waals surface area contributed by atoms with Crippen LogP contribution in [0.4, 0.5) is 0 Å². The van der Waals surface area contributed by atoms with Crippen LogP contribution in [-0.4, -0.2) is 24.4 Å². The zero-order valence-corrected chi connectivity index (χ0v) is 10.2. The molecule has 0 aliphatic heterocycles. The third-order valence-corrected chi connectivity index (χ3v) is 2.53. The lowest BCUT2D eigenvalue weighted by molar-refractivity contribution is -0.144. The summed E-state index contributed by atoms with van der Waals surface area (Å²) >= 11 is 0. The fourth-order valence-electron chi connectivity index (χ4n) is 1.44. The first-order chi connectivity index (χ1) is 7.52. The van der Waals surface area contributed by atoms with Gasteiger partial charge in [0, 0.05) is 6.42 Å². The molecule has 1 radical (unpaired) electrons. The fourth-order valence-corrected chi connectivity index (χ4v) is 1.44. The van der Waals surface area contributed by atoms with Crippen LogP contribution in [0, 0.1) is 12.8 Å². The van der Waals surface area contributed by atoms with Gasteiger partial charge in [-0.3, -0.25) is 9.59 Å². The Morgan fingerprint density at radius 3 is 2.50 bits per heavy atom. The quantitative estimate of drug-likeness (QED) is 0.639. The fraction of sp³-hybridized carbons (Fsp3) is 0.750. The molecule has 0 saturated heterocycles. The molecule has 0 aromatic heterocycles. The van der Waals surface area contributed by atoms with Crippen LogP contribution < -0.4 is 5.73 Å². The maximum Gasteiger partial charge on any atom is 0.306 e. The van der Waals surface area contributed by atoms with Gasteiger partial charge in [0.15, 0.2) is 0 Å². The van der Waals surface area contributed by atoms with E-state index in [0.29, 0.717) is 6.61 Å². The molecule has 0 aromatic carbocycles. The second-order valence-corrected chi connectivity index (χ2v) is 3.92. The highest BCUT2D eigenvalue weighted by atomic mass is 16.5. The van der Waals surface area contributed by atoms with Crippen molar-refractivity contribution in [2.24, 2.45) is 11.7 Å². The molecule has 2 N–H and O–H groups in total. The molecule has 0 aromatic rings. The van der Waals surface area contributed by atoms with E-state index in [9.17, 15) is 9.59 Å². The lowest BCUT2D eigenvalue weighted by Gasteiger charge is -2.17. The average Bonchev–Trinajstić information content (AvgIpc) is 2.25.